The van der Waals surface area contributed by atoms with Gasteiger partial charge in [-0.1, -0.05) is 13.8 Å². The largest absolute Gasteiger partial charge is 0.391 e. The summed E-state index contributed by atoms with van der Waals surface area (Å²) in [7, 11) is -3.79. The number of aromatic amines is 1. The van der Waals surface area contributed by atoms with Gasteiger partial charge in [-0.15, -0.1) is 11.3 Å². The first kappa shape index (κ1) is 20.1. The molecule has 1 aromatic carbocycles. The Kier molecular flexibility index (Phi) is 4.79. The fourth-order valence-electron chi connectivity index (χ4n) is 3.57. The second-order valence-electron chi connectivity index (χ2n) is 8.07. The molecule has 0 saturated carbocycles. The standard InChI is InChI=1S/C20H21FN2O4S2/c1-20(2)11-23(9-16(20)24)17-3-4-18(28-17)29(26,27)10-13-7-14-12(8-15(13)21)5-6-22-19(14)25/h3-8,16,24H,9-11H2,1-2H3,(H,22,25)/t16-/m1/s1. The third kappa shape index (κ3) is 3.70. The SMILES string of the molecule is CC1(C)CN(c2ccc(S(=O)(=O)Cc3cc4c(=O)[nH]ccc4cc3F)s2)C[C@H]1O. The molecule has 0 unspecified atom stereocenters. The molecule has 0 bridgehead atoms. The van der Waals surface area contributed by atoms with E-state index < -0.39 is 33.1 Å². The van der Waals surface area contributed by atoms with Crippen LogP contribution in [0.25, 0.3) is 10.8 Å². The molecule has 154 valence electrons. The van der Waals surface area contributed by atoms with Crippen molar-refractivity contribution in [1.29, 1.82) is 0 Å². The summed E-state index contributed by atoms with van der Waals surface area (Å²) < 4.78 is 40.4. The first-order chi connectivity index (χ1) is 13.6. The number of halogens is 1. The van der Waals surface area contributed by atoms with Crippen LogP contribution in [0, 0.1) is 11.2 Å². The summed E-state index contributed by atoms with van der Waals surface area (Å²) in [6.07, 6.45) is 0.930. The van der Waals surface area contributed by atoms with Crippen molar-refractivity contribution in [2.45, 2.75) is 29.9 Å². The third-order valence-electron chi connectivity index (χ3n) is 5.37. The number of anilines is 1. The Labute approximate surface area is 171 Å². The average molecular weight is 437 g/mol. The Morgan fingerprint density at radius 1 is 1.31 bits per heavy atom. The van der Waals surface area contributed by atoms with Gasteiger partial charge in [-0.25, -0.2) is 12.8 Å². The highest BCUT2D eigenvalue weighted by Gasteiger charge is 2.39. The van der Waals surface area contributed by atoms with Gasteiger partial charge in [0.15, 0.2) is 9.84 Å². The normalized spacial score (nSPS) is 19.2. The number of β-amino-alcohol motifs (C(OH)–C–C–N with tert-alkyl or cyclic N) is 1. The smallest absolute Gasteiger partial charge is 0.255 e. The lowest BCUT2D eigenvalue weighted by Crippen LogP contribution is -2.26. The fourth-order valence-corrected chi connectivity index (χ4v) is 6.31. The van der Waals surface area contributed by atoms with Gasteiger partial charge in [0.2, 0.25) is 0 Å². The van der Waals surface area contributed by atoms with Gasteiger partial charge in [-0.05, 0) is 35.7 Å². The van der Waals surface area contributed by atoms with Crippen LogP contribution < -0.4 is 10.5 Å². The van der Waals surface area contributed by atoms with Crippen LogP contribution in [0.15, 0.2) is 45.5 Å². The molecule has 9 heteroatoms. The highest BCUT2D eigenvalue weighted by molar-refractivity contribution is 7.92. The number of benzene rings is 1. The molecular weight excluding hydrogens is 415 g/mol. The van der Waals surface area contributed by atoms with E-state index in [-0.39, 0.29) is 20.6 Å². The van der Waals surface area contributed by atoms with Crippen LogP contribution in [0.1, 0.15) is 19.4 Å². The number of nitrogens with zero attached hydrogens (tertiary/aromatic N) is 1. The Bertz CT molecular complexity index is 1250. The molecule has 29 heavy (non-hydrogen) atoms. The Hall–Kier alpha value is -2.23. The summed E-state index contributed by atoms with van der Waals surface area (Å²) in [6, 6.07) is 7.28. The second-order valence-corrected chi connectivity index (χ2v) is 11.4. The van der Waals surface area contributed by atoms with Crippen molar-refractivity contribution in [1.82, 2.24) is 4.98 Å². The van der Waals surface area contributed by atoms with Gasteiger partial charge in [-0.3, -0.25) is 4.79 Å². The molecule has 0 radical (unpaired) electrons. The number of aliphatic hydroxyl groups is 1. The fraction of sp³-hybridized carbons (Fsp3) is 0.350. The Morgan fingerprint density at radius 3 is 2.76 bits per heavy atom. The van der Waals surface area contributed by atoms with Crippen molar-refractivity contribution in [2.24, 2.45) is 5.41 Å². The monoisotopic (exact) mass is 436 g/mol. The van der Waals surface area contributed by atoms with Crippen molar-refractivity contribution < 1.29 is 17.9 Å². The van der Waals surface area contributed by atoms with Gasteiger partial charge >= 0.3 is 0 Å². The first-order valence-corrected chi connectivity index (χ1v) is 11.6. The van der Waals surface area contributed by atoms with Crippen molar-refractivity contribution in [3.63, 3.8) is 0 Å². The van der Waals surface area contributed by atoms with Crippen LogP contribution >= 0.6 is 11.3 Å². The number of thiophene rings is 1. The highest BCUT2D eigenvalue weighted by Crippen LogP contribution is 2.38. The Morgan fingerprint density at radius 2 is 2.07 bits per heavy atom. The highest BCUT2D eigenvalue weighted by atomic mass is 32.2. The molecule has 4 rings (SSSR count). The third-order valence-corrected chi connectivity index (χ3v) is 8.76. The maximum Gasteiger partial charge on any atom is 0.255 e. The minimum Gasteiger partial charge on any atom is -0.391 e. The number of aromatic nitrogens is 1. The van der Waals surface area contributed by atoms with E-state index in [1.807, 2.05) is 18.7 Å². The lowest BCUT2D eigenvalue weighted by atomic mass is 9.90. The molecular formula is C20H21FN2O4S2. The number of fused-ring (bicyclic) bond motifs is 1. The molecule has 3 aromatic rings. The van der Waals surface area contributed by atoms with E-state index in [1.165, 1.54) is 24.4 Å². The molecule has 1 fully saturated rings. The van der Waals surface area contributed by atoms with Crippen LogP contribution in [-0.4, -0.2) is 37.7 Å². The molecule has 1 atom stereocenters. The van der Waals surface area contributed by atoms with E-state index in [1.54, 1.807) is 12.1 Å². The van der Waals surface area contributed by atoms with Crippen molar-refractivity contribution in [3.05, 3.63) is 58.3 Å². The summed E-state index contributed by atoms with van der Waals surface area (Å²) in [5.74, 6) is -1.19. The first-order valence-electron chi connectivity index (χ1n) is 9.12. The van der Waals surface area contributed by atoms with Crippen LogP contribution in [0.5, 0.6) is 0 Å². The quantitative estimate of drug-likeness (QED) is 0.656. The molecule has 1 aliphatic rings. The predicted octanol–water partition coefficient (Wildman–Crippen LogP) is 2.91. The van der Waals surface area contributed by atoms with Gasteiger partial charge < -0.3 is 15.0 Å². The van der Waals surface area contributed by atoms with Gasteiger partial charge in [-0.2, -0.15) is 0 Å². The number of sulfone groups is 1. The molecule has 0 aliphatic carbocycles. The number of aliphatic hydroxyl groups excluding tert-OH is 1. The molecule has 2 N–H and O–H groups in total. The molecule has 3 heterocycles. The molecule has 6 nitrogen and oxygen atoms in total. The van der Waals surface area contributed by atoms with Crippen molar-refractivity contribution in [3.8, 4) is 0 Å². The van der Waals surface area contributed by atoms with E-state index in [9.17, 15) is 22.7 Å². The van der Waals surface area contributed by atoms with E-state index in [0.717, 1.165) is 16.3 Å². The topological polar surface area (TPSA) is 90.5 Å². The predicted molar refractivity (Wildman–Crippen MR) is 112 cm³/mol. The molecule has 1 saturated heterocycles. The minimum absolute atomic E-state index is 0.0399. The number of rotatable bonds is 4. The van der Waals surface area contributed by atoms with E-state index >= 15 is 0 Å². The zero-order valence-corrected chi connectivity index (χ0v) is 17.6. The van der Waals surface area contributed by atoms with Gasteiger partial charge in [0.25, 0.3) is 5.56 Å². The molecule has 2 aromatic heterocycles. The molecule has 0 spiro atoms. The zero-order chi connectivity index (χ0) is 21.0. The second kappa shape index (κ2) is 6.93. The number of pyridine rings is 1. The van der Waals surface area contributed by atoms with Crippen LogP contribution in [0.2, 0.25) is 0 Å². The summed E-state index contributed by atoms with van der Waals surface area (Å²) in [4.78, 5) is 16.4. The number of nitrogens with one attached hydrogen (secondary N) is 1. The summed E-state index contributed by atoms with van der Waals surface area (Å²) in [6.45, 7) is 4.99. The van der Waals surface area contributed by atoms with Crippen LogP contribution in [0.3, 0.4) is 0 Å². The maximum atomic E-state index is 14.5. The van der Waals surface area contributed by atoms with E-state index in [0.29, 0.717) is 18.5 Å². The van der Waals surface area contributed by atoms with E-state index in [2.05, 4.69) is 4.98 Å². The zero-order valence-electron chi connectivity index (χ0n) is 16.0. The number of H-pyrrole nitrogens is 1. The summed E-state index contributed by atoms with van der Waals surface area (Å²) >= 11 is 1.11. The van der Waals surface area contributed by atoms with Crippen LogP contribution in [0.4, 0.5) is 9.39 Å². The van der Waals surface area contributed by atoms with E-state index in [4.69, 9.17) is 0 Å². The summed E-state index contributed by atoms with van der Waals surface area (Å²) in [5, 5.41) is 11.6. The maximum absolute atomic E-state index is 14.5. The van der Waals surface area contributed by atoms with Gasteiger partial charge in [0.05, 0.1) is 16.9 Å². The van der Waals surface area contributed by atoms with Crippen molar-refractivity contribution in [2.75, 3.05) is 18.0 Å². The molecule has 1 aliphatic heterocycles. The van der Waals surface area contributed by atoms with Crippen LogP contribution in [-0.2, 0) is 15.6 Å². The van der Waals surface area contributed by atoms with Gasteiger partial charge in [0.1, 0.15) is 10.0 Å². The summed E-state index contributed by atoms with van der Waals surface area (Å²) in [5.41, 5.74) is -0.707. The molecule has 0 amide bonds. The minimum atomic E-state index is -3.79. The lowest BCUT2D eigenvalue weighted by Gasteiger charge is -2.21. The number of hydrogen-bond donors (Lipinski definition) is 2. The average Bonchev–Trinajstić information content (AvgIpc) is 3.22. The van der Waals surface area contributed by atoms with Crippen molar-refractivity contribution >= 4 is 36.9 Å². The lowest BCUT2D eigenvalue weighted by molar-refractivity contribution is 0.0964. The van der Waals surface area contributed by atoms with Gasteiger partial charge in [0, 0.05) is 35.7 Å². The Balaban J connectivity index is 1.63. The number of hydrogen-bond acceptors (Lipinski definition) is 6.